The van der Waals surface area contributed by atoms with Gasteiger partial charge in [0.2, 0.25) is 0 Å². The van der Waals surface area contributed by atoms with Crippen LogP contribution in [0.15, 0.2) is 18.2 Å². The van der Waals surface area contributed by atoms with Crippen LogP contribution in [0.25, 0.3) is 0 Å². The molecule has 1 aromatic rings. The number of rotatable bonds is 8. The summed E-state index contributed by atoms with van der Waals surface area (Å²) in [6.07, 6.45) is -0.621. The number of hydrogen-bond donors (Lipinski definition) is 2. The van der Waals surface area contributed by atoms with Crippen molar-refractivity contribution in [2.75, 3.05) is 38.8 Å². The van der Waals surface area contributed by atoms with Gasteiger partial charge in [-0.15, -0.1) is 0 Å². The van der Waals surface area contributed by atoms with Gasteiger partial charge in [0.05, 0.1) is 37.2 Å². The molecule has 0 saturated carbocycles. The second-order valence-electron chi connectivity index (χ2n) is 4.21. The number of hydrogen-bond acceptors (Lipinski definition) is 5. The largest absolute Gasteiger partial charge is 0.389 e. The van der Waals surface area contributed by atoms with E-state index in [2.05, 4.69) is 11.4 Å². The lowest BCUT2D eigenvalue weighted by Crippen LogP contribution is -2.25. The molecule has 0 aliphatic carbocycles. The Bertz CT molecular complexity index is 429. The molecule has 0 saturated heterocycles. The Morgan fingerprint density at radius 2 is 2.21 bits per heavy atom. The Morgan fingerprint density at radius 3 is 2.89 bits per heavy atom. The van der Waals surface area contributed by atoms with Crippen molar-refractivity contribution in [3.05, 3.63) is 29.3 Å². The van der Waals surface area contributed by atoms with Crippen LogP contribution in [0.4, 0.5) is 5.69 Å². The van der Waals surface area contributed by atoms with Gasteiger partial charge in [-0.25, -0.2) is 0 Å². The first-order chi connectivity index (χ1) is 9.19. The van der Waals surface area contributed by atoms with Crippen LogP contribution in [-0.4, -0.2) is 44.7 Å². The molecule has 5 nitrogen and oxygen atoms in total. The van der Waals surface area contributed by atoms with Crippen LogP contribution in [0.3, 0.4) is 0 Å². The number of benzene rings is 1. The van der Waals surface area contributed by atoms with E-state index in [4.69, 9.17) is 14.7 Å². The van der Waals surface area contributed by atoms with Crippen LogP contribution in [0.1, 0.15) is 11.1 Å². The van der Waals surface area contributed by atoms with Crippen molar-refractivity contribution in [2.24, 2.45) is 0 Å². The minimum absolute atomic E-state index is 0.240. The Hall–Kier alpha value is -1.61. The molecule has 1 aromatic carbocycles. The van der Waals surface area contributed by atoms with Crippen LogP contribution >= 0.6 is 0 Å². The van der Waals surface area contributed by atoms with Gasteiger partial charge in [0, 0.05) is 13.7 Å². The molecule has 0 aliphatic heterocycles. The van der Waals surface area contributed by atoms with Gasteiger partial charge in [0.1, 0.15) is 6.07 Å². The molecule has 1 unspecified atom stereocenters. The molecule has 5 heteroatoms. The summed E-state index contributed by atoms with van der Waals surface area (Å²) in [6, 6.07) is 7.74. The maximum absolute atomic E-state index is 9.73. The molecule has 0 amide bonds. The van der Waals surface area contributed by atoms with Gasteiger partial charge in [-0.1, -0.05) is 12.1 Å². The minimum Gasteiger partial charge on any atom is -0.389 e. The topological polar surface area (TPSA) is 74.5 Å². The van der Waals surface area contributed by atoms with E-state index in [1.807, 2.05) is 25.1 Å². The van der Waals surface area contributed by atoms with Crippen molar-refractivity contribution in [3.8, 4) is 6.07 Å². The fourth-order valence-corrected chi connectivity index (χ4v) is 1.61. The zero-order valence-corrected chi connectivity index (χ0v) is 11.3. The van der Waals surface area contributed by atoms with E-state index >= 15 is 0 Å². The average Bonchev–Trinajstić information content (AvgIpc) is 2.41. The van der Waals surface area contributed by atoms with E-state index in [0.29, 0.717) is 25.3 Å². The second kappa shape index (κ2) is 8.48. The molecule has 0 fully saturated rings. The number of nitriles is 1. The zero-order valence-electron chi connectivity index (χ0n) is 11.3. The third-order valence-electron chi connectivity index (χ3n) is 2.65. The van der Waals surface area contributed by atoms with Crippen molar-refractivity contribution in [2.45, 2.75) is 13.0 Å². The highest BCUT2D eigenvalue weighted by Gasteiger charge is 2.08. The highest BCUT2D eigenvalue weighted by Crippen LogP contribution is 2.18. The Morgan fingerprint density at radius 1 is 1.42 bits per heavy atom. The Balaban J connectivity index is 2.40. The summed E-state index contributed by atoms with van der Waals surface area (Å²) in [5, 5.41) is 21.9. The zero-order chi connectivity index (χ0) is 14.1. The first kappa shape index (κ1) is 15.4. The number of methoxy groups -OCH3 is 1. The number of aliphatic hydroxyl groups excluding tert-OH is 1. The molecule has 1 atom stereocenters. The lowest BCUT2D eigenvalue weighted by Gasteiger charge is -2.14. The third-order valence-corrected chi connectivity index (χ3v) is 2.65. The lowest BCUT2D eigenvalue weighted by atomic mass is 10.1. The summed E-state index contributed by atoms with van der Waals surface area (Å²) in [5.41, 5.74) is 2.26. The van der Waals surface area contributed by atoms with Gasteiger partial charge in [-0.3, -0.25) is 0 Å². The van der Waals surface area contributed by atoms with E-state index in [1.165, 1.54) is 0 Å². The molecule has 0 aromatic heterocycles. The summed E-state index contributed by atoms with van der Waals surface area (Å²) >= 11 is 0. The Kier molecular flexibility index (Phi) is 6.90. The molecular formula is C14H20N2O3. The first-order valence-electron chi connectivity index (χ1n) is 6.17. The fraction of sp³-hybridized carbons (Fsp3) is 0.500. The van der Waals surface area contributed by atoms with Crippen molar-refractivity contribution in [3.63, 3.8) is 0 Å². The highest BCUT2D eigenvalue weighted by atomic mass is 16.5. The molecule has 2 N–H and O–H groups in total. The number of anilines is 1. The van der Waals surface area contributed by atoms with Crippen molar-refractivity contribution < 1.29 is 14.6 Å². The highest BCUT2D eigenvalue weighted by molar-refractivity contribution is 5.60. The Labute approximate surface area is 113 Å². The quantitative estimate of drug-likeness (QED) is 0.692. The number of aliphatic hydroxyl groups is 1. The molecule has 19 heavy (non-hydrogen) atoms. The fourth-order valence-electron chi connectivity index (χ4n) is 1.61. The van der Waals surface area contributed by atoms with Gasteiger partial charge in [0.25, 0.3) is 0 Å². The predicted octanol–water partition coefficient (Wildman–Crippen LogP) is 1.30. The van der Waals surface area contributed by atoms with Gasteiger partial charge in [-0.05, 0) is 18.6 Å². The monoisotopic (exact) mass is 264 g/mol. The number of nitrogens with zero attached hydrogens (tertiary/aromatic N) is 1. The second-order valence-corrected chi connectivity index (χ2v) is 4.21. The normalized spacial score (nSPS) is 11.9. The van der Waals surface area contributed by atoms with E-state index in [1.54, 1.807) is 7.11 Å². The SMILES string of the molecule is COCCOCC(O)CNc1cccc(C)c1C#N. The lowest BCUT2D eigenvalue weighted by molar-refractivity contribution is 0.0182. The van der Waals surface area contributed by atoms with E-state index in [-0.39, 0.29) is 6.61 Å². The molecule has 1 rings (SSSR count). The van der Waals surface area contributed by atoms with Crippen LogP contribution in [0.5, 0.6) is 0 Å². The summed E-state index contributed by atoms with van der Waals surface area (Å²) in [4.78, 5) is 0. The van der Waals surface area contributed by atoms with E-state index in [0.717, 1.165) is 11.3 Å². The van der Waals surface area contributed by atoms with E-state index < -0.39 is 6.10 Å². The molecule has 104 valence electrons. The summed E-state index contributed by atoms with van der Waals surface area (Å²) in [5.74, 6) is 0. The smallest absolute Gasteiger partial charge is 0.102 e. The molecule has 0 radical (unpaired) electrons. The summed E-state index contributed by atoms with van der Waals surface area (Å²) in [6.45, 7) is 3.43. The van der Waals surface area contributed by atoms with Gasteiger partial charge >= 0.3 is 0 Å². The minimum atomic E-state index is -0.621. The van der Waals surface area contributed by atoms with Crippen LogP contribution in [0.2, 0.25) is 0 Å². The molecular weight excluding hydrogens is 244 g/mol. The summed E-state index contributed by atoms with van der Waals surface area (Å²) < 4.78 is 10.1. The van der Waals surface area contributed by atoms with Crippen LogP contribution < -0.4 is 5.32 Å². The first-order valence-corrected chi connectivity index (χ1v) is 6.17. The van der Waals surface area contributed by atoms with E-state index in [9.17, 15) is 5.11 Å². The third kappa shape index (κ3) is 5.26. The van der Waals surface area contributed by atoms with Crippen molar-refractivity contribution in [1.29, 1.82) is 5.26 Å². The van der Waals surface area contributed by atoms with Crippen LogP contribution in [0, 0.1) is 18.3 Å². The number of ether oxygens (including phenoxy) is 2. The van der Waals surface area contributed by atoms with Gasteiger partial charge in [-0.2, -0.15) is 5.26 Å². The van der Waals surface area contributed by atoms with Gasteiger partial charge in [0.15, 0.2) is 0 Å². The standard InChI is InChI=1S/C14H20N2O3/c1-11-4-3-5-14(13(11)8-15)16-9-12(17)10-19-7-6-18-2/h3-5,12,16-17H,6-7,9-10H2,1-2H3. The average molecular weight is 264 g/mol. The summed E-state index contributed by atoms with van der Waals surface area (Å²) in [7, 11) is 1.60. The van der Waals surface area contributed by atoms with Gasteiger partial charge < -0.3 is 19.9 Å². The molecule has 0 aliphatic rings. The maximum Gasteiger partial charge on any atom is 0.102 e. The van der Waals surface area contributed by atoms with Crippen molar-refractivity contribution >= 4 is 5.69 Å². The predicted molar refractivity (Wildman–Crippen MR) is 73.1 cm³/mol. The molecule has 0 spiro atoms. The number of nitrogens with one attached hydrogen (secondary N) is 1. The van der Waals surface area contributed by atoms with Crippen molar-refractivity contribution in [1.82, 2.24) is 0 Å². The molecule has 0 heterocycles. The van der Waals surface area contributed by atoms with Crippen LogP contribution in [-0.2, 0) is 9.47 Å². The number of aryl methyl sites for hydroxylation is 1. The maximum atomic E-state index is 9.73. The molecule has 0 bridgehead atoms.